The van der Waals surface area contributed by atoms with Crippen molar-refractivity contribution >= 4 is 5.91 Å². The van der Waals surface area contributed by atoms with E-state index in [1.807, 2.05) is 23.9 Å². The molecule has 2 aliphatic heterocycles. The Hall–Kier alpha value is -1.59. The Bertz CT molecular complexity index is 626. The Kier molecular flexibility index (Phi) is 8.16. The molecule has 0 N–H and O–H groups in total. The van der Waals surface area contributed by atoms with E-state index < -0.39 is 0 Å². The predicted molar refractivity (Wildman–Crippen MR) is 114 cm³/mol. The number of ether oxygens (including phenoxy) is 1. The molecule has 5 heteroatoms. The molecule has 1 fully saturated rings. The first kappa shape index (κ1) is 21.1. The molecule has 0 atom stereocenters. The number of amides is 1. The van der Waals surface area contributed by atoms with E-state index in [4.69, 9.17) is 4.74 Å². The van der Waals surface area contributed by atoms with Gasteiger partial charge < -0.3 is 19.4 Å². The van der Waals surface area contributed by atoms with Crippen molar-refractivity contribution in [1.29, 1.82) is 0 Å². The van der Waals surface area contributed by atoms with Crippen molar-refractivity contribution in [3.05, 3.63) is 29.3 Å². The molecule has 0 aliphatic carbocycles. The minimum atomic E-state index is 0.218. The third-order valence-electron chi connectivity index (χ3n) is 5.80. The van der Waals surface area contributed by atoms with Crippen molar-refractivity contribution < 1.29 is 9.53 Å². The highest BCUT2D eigenvalue weighted by atomic mass is 16.5. The van der Waals surface area contributed by atoms with Gasteiger partial charge in [-0.05, 0) is 89.0 Å². The molecular formula is C23H37N3O2. The number of carbonyl (C=O) groups is 1. The molecule has 1 amide bonds. The first-order valence-electron chi connectivity index (χ1n) is 11.0. The van der Waals surface area contributed by atoms with Crippen molar-refractivity contribution in [3.8, 4) is 5.75 Å². The van der Waals surface area contributed by atoms with Crippen LogP contribution in [-0.2, 0) is 17.8 Å². The van der Waals surface area contributed by atoms with Gasteiger partial charge in [-0.3, -0.25) is 4.79 Å². The van der Waals surface area contributed by atoms with E-state index in [0.717, 1.165) is 57.7 Å². The van der Waals surface area contributed by atoms with Crippen LogP contribution in [0.5, 0.6) is 5.75 Å². The molecule has 1 aromatic rings. The maximum absolute atomic E-state index is 12.5. The van der Waals surface area contributed by atoms with Crippen LogP contribution in [0.2, 0.25) is 0 Å². The summed E-state index contributed by atoms with van der Waals surface area (Å²) in [6, 6.07) is 6.45. The zero-order valence-electron chi connectivity index (χ0n) is 17.8. The molecule has 2 aliphatic rings. The molecule has 0 bridgehead atoms. The molecule has 1 aromatic carbocycles. The summed E-state index contributed by atoms with van der Waals surface area (Å²) in [5, 5.41) is 0. The van der Waals surface area contributed by atoms with Gasteiger partial charge in [0.15, 0.2) is 0 Å². The van der Waals surface area contributed by atoms with Gasteiger partial charge in [0.05, 0.1) is 13.2 Å². The molecular weight excluding hydrogens is 350 g/mol. The smallest absolute Gasteiger partial charge is 0.237 e. The molecule has 0 aromatic heterocycles. The summed E-state index contributed by atoms with van der Waals surface area (Å²) >= 11 is 0. The minimum Gasteiger partial charge on any atom is -0.494 e. The Morgan fingerprint density at radius 3 is 2.61 bits per heavy atom. The van der Waals surface area contributed by atoms with Gasteiger partial charge in [0.2, 0.25) is 5.91 Å². The van der Waals surface area contributed by atoms with Crippen LogP contribution in [0.15, 0.2) is 18.2 Å². The van der Waals surface area contributed by atoms with Crippen molar-refractivity contribution in [2.24, 2.45) is 0 Å². The number of fused-ring (bicyclic) bond motifs is 1. The highest BCUT2D eigenvalue weighted by molar-refractivity contribution is 5.78. The fraction of sp³-hybridized carbons (Fsp3) is 0.696. The number of likely N-dealkylation sites (N-methyl/N-ethyl adjacent to an activating group) is 1. The number of hydrogen-bond donors (Lipinski definition) is 0. The highest BCUT2D eigenvalue weighted by Gasteiger charge is 2.18. The fourth-order valence-corrected chi connectivity index (χ4v) is 4.23. The SMILES string of the molecule is CN(C)CC(=O)N1CCCCc2cc(OCCCN3CCCCC3)ccc2C1. The molecule has 0 spiro atoms. The molecule has 3 rings (SSSR count). The summed E-state index contributed by atoms with van der Waals surface area (Å²) in [6.07, 6.45) is 8.44. The summed E-state index contributed by atoms with van der Waals surface area (Å²) in [4.78, 5) is 19.0. The lowest BCUT2D eigenvalue weighted by Crippen LogP contribution is -2.38. The predicted octanol–water partition coefficient (Wildman–Crippen LogP) is 3.17. The van der Waals surface area contributed by atoms with Gasteiger partial charge >= 0.3 is 0 Å². The number of hydrogen-bond acceptors (Lipinski definition) is 4. The monoisotopic (exact) mass is 387 g/mol. The summed E-state index contributed by atoms with van der Waals surface area (Å²) in [7, 11) is 3.90. The first-order valence-corrected chi connectivity index (χ1v) is 11.0. The van der Waals surface area contributed by atoms with E-state index in [0.29, 0.717) is 6.54 Å². The van der Waals surface area contributed by atoms with E-state index in [1.165, 1.54) is 43.5 Å². The topological polar surface area (TPSA) is 36.0 Å². The molecule has 1 saturated heterocycles. The minimum absolute atomic E-state index is 0.218. The molecule has 156 valence electrons. The van der Waals surface area contributed by atoms with Gasteiger partial charge in [-0.25, -0.2) is 0 Å². The largest absolute Gasteiger partial charge is 0.494 e. The number of piperidine rings is 1. The second-order valence-electron chi connectivity index (χ2n) is 8.55. The lowest BCUT2D eigenvalue weighted by Gasteiger charge is -2.28. The summed E-state index contributed by atoms with van der Waals surface area (Å²) in [5.41, 5.74) is 2.61. The van der Waals surface area contributed by atoms with Crippen molar-refractivity contribution in [3.63, 3.8) is 0 Å². The first-order chi connectivity index (χ1) is 13.6. The highest BCUT2D eigenvalue weighted by Crippen LogP contribution is 2.24. The van der Waals surface area contributed by atoms with Crippen LogP contribution in [0.1, 0.15) is 49.7 Å². The van der Waals surface area contributed by atoms with Crippen molar-refractivity contribution in [1.82, 2.24) is 14.7 Å². The lowest BCUT2D eigenvalue weighted by molar-refractivity contribution is -0.132. The zero-order chi connectivity index (χ0) is 19.8. The zero-order valence-corrected chi connectivity index (χ0v) is 17.8. The van der Waals surface area contributed by atoms with E-state index in [9.17, 15) is 4.79 Å². The van der Waals surface area contributed by atoms with Crippen LogP contribution in [-0.4, -0.2) is 74.0 Å². The Morgan fingerprint density at radius 2 is 1.82 bits per heavy atom. The normalized spacial score (nSPS) is 18.5. The van der Waals surface area contributed by atoms with Crippen LogP contribution in [0, 0.1) is 0 Å². The fourth-order valence-electron chi connectivity index (χ4n) is 4.23. The van der Waals surface area contributed by atoms with E-state index in [1.54, 1.807) is 0 Å². The summed E-state index contributed by atoms with van der Waals surface area (Å²) in [5.74, 6) is 1.19. The number of rotatable bonds is 7. The Morgan fingerprint density at radius 1 is 1.04 bits per heavy atom. The number of likely N-dealkylation sites (tertiary alicyclic amines) is 1. The van der Waals surface area contributed by atoms with Crippen LogP contribution in [0.4, 0.5) is 0 Å². The second kappa shape index (κ2) is 10.8. The standard InChI is InChI=1S/C23H37N3O2/c1-24(2)19-23(27)26-15-7-4-9-20-17-22(11-10-21(20)18-26)28-16-8-14-25-12-5-3-6-13-25/h10-11,17H,3-9,12-16,18-19H2,1-2H3. The summed E-state index contributed by atoms with van der Waals surface area (Å²) < 4.78 is 6.05. The maximum atomic E-state index is 12.5. The number of aryl methyl sites for hydroxylation is 1. The van der Waals surface area contributed by atoms with Gasteiger partial charge in [0.1, 0.15) is 5.75 Å². The quantitative estimate of drug-likeness (QED) is 0.674. The van der Waals surface area contributed by atoms with Crippen LogP contribution < -0.4 is 4.74 Å². The number of carbonyl (C=O) groups excluding carboxylic acids is 1. The van der Waals surface area contributed by atoms with Gasteiger partial charge in [0.25, 0.3) is 0 Å². The third kappa shape index (κ3) is 6.49. The number of benzene rings is 1. The molecule has 0 saturated carbocycles. The van der Waals surface area contributed by atoms with Crippen LogP contribution in [0.3, 0.4) is 0 Å². The Labute approximate surface area is 170 Å². The number of nitrogens with zero attached hydrogens (tertiary/aromatic N) is 3. The molecule has 0 radical (unpaired) electrons. The summed E-state index contributed by atoms with van der Waals surface area (Å²) in [6.45, 7) is 6.49. The molecule has 2 heterocycles. The van der Waals surface area contributed by atoms with Crippen LogP contribution in [0.25, 0.3) is 0 Å². The maximum Gasteiger partial charge on any atom is 0.237 e. The van der Waals surface area contributed by atoms with Crippen molar-refractivity contribution in [2.75, 3.05) is 53.4 Å². The van der Waals surface area contributed by atoms with E-state index in [-0.39, 0.29) is 5.91 Å². The second-order valence-corrected chi connectivity index (χ2v) is 8.55. The van der Waals surface area contributed by atoms with Crippen LogP contribution >= 0.6 is 0 Å². The average Bonchev–Trinajstić information content (AvgIpc) is 2.66. The lowest BCUT2D eigenvalue weighted by atomic mass is 9.98. The average molecular weight is 388 g/mol. The van der Waals surface area contributed by atoms with Gasteiger partial charge in [-0.2, -0.15) is 0 Å². The van der Waals surface area contributed by atoms with Gasteiger partial charge in [0, 0.05) is 19.6 Å². The van der Waals surface area contributed by atoms with Gasteiger partial charge in [-0.1, -0.05) is 12.5 Å². The Balaban J connectivity index is 1.52. The molecule has 28 heavy (non-hydrogen) atoms. The van der Waals surface area contributed by atoms with Crippen molar-refractivity contribution in [2.45, 2.75) is 51.5 Å². The molecule has 5 nitrogen and oxygen atoms in total. The van der Waals surface area contributed by atoms with E-state index >= 15 is 0 Å². The van der Waals surface area contributed by atoms with Gasteiger partial charge in [-0.15, -0.1) is 0 Å². The third-order valence-corrected chi connectivity index (χ3v) is 5.80. The molecule has 0 unspecified atom stereocenters. The van der Waals surface area contributed by atoms with E-state index in [2.05, 4.69) is 23.1 Å².